The van der Waals surface area contributed by atoms with E-state index in [4.69, 9.17) is 0 Å². The lowest BCUT2D eigenvalue weighted by Gasteiger charge is -2.53. The smallest absolute Gasteiger partial charge is 0.333 e. The average molecular weight is 739 g/mol. The Morgan fingerprint density at radius 3 is 1.82 bits per heavy atom. The van der Waals surface area contributed by atoms with Crippen molar-refractivity contribution in [2.45, 2.75) is 150 Å². The molecular weight excluding hydrogens is 675 g/mol. The number of aryl methyl sites for hydroxylation is 3. The van der Waals surface area contributed by atoms with E-state index in [1.165, 1.54) is 115 Å². The zero-order chi connectivity index (χ0) is 40.1. The van der Waals surface area contributed by atoms with Crippen LogP contribution in [0.15, 0.2) is 78.9 Å². The molecule has 2 atom stereocenters. The molecule has 1 aliphatic carbocycles. The molecule has 56 heavy (non-hydrogen) atoms. The number of nitrogens with zero attached hydrogens (tertiary/aromatic N) is 2. The molecule has 1 fully saturated rings. The van der Waals surface area contributed by atoms with Gasteiger partial charge in [0.2, 0.25) is 0 Å². The number of hydrogen-bond donors (Lipinski definition) is 0. The van der Waals surface area contributed by atoms with E-state index in [0.717, 1.165) is 0 Å². The van der Waals surface area contributed by atoms with Gasteiger partial charge in [0.05, 0.1) is 5.54 Å². The lowest BCUT2D eigenvalue weighted by molar-refractivity contribution is 0.195. The van der Waals surface area contributed by atoms with E-state index in [2.05, 4.69) is 186 Å². The minimum atomic E-state index is -0.0386. The van der Waals surface area contributed by atoms with Crippen LogP contribution in [0.5, 0.6) is 0 Å². The van der Waals surface area contributed by atoms with Crippen molar-refractivity contribution in [2.75, 3.05) is 9.71 Å². The first-order chi connectivity index (χ1) is 26.1. The molecule has 2 unspecified atom stereocenters. The first-order valence-corrected chi connectivity index (χ1v) is 21.4. The summed E-state index contributed by atoms with van der Waals surface area (Å²) < 4.78 is 0. The molecular formula is C53H63BN2. The second-order valence-electron chi connectivity index (χ2n) is 21.6. The molecule has 4 aliphatic rings. The van der Waals surface area contributed by atoms with Gasteiger partial charge in [0.25, 0.3) is 0 Å². The third-order valence-corrected chi connectivity index (χ3v) is 14.7. The van der Waals surface area contributed by atoms with Crippen molar-refractivity contribution in [3.8, 4) is 22.3 Å². The fourth-order valence-electron chi connectivity index (χ4n) is 11.4. The fourth-order valence-corrected chi connectivity index (χ4v) is 11.4. The molecule has 9 rings (SSSR count). The average Bonchev–Trinajstić information content (AvgIpc) is 3.32. The van der Waals surface area contributed by atoms with Gasteiger partial charge in [-0.1, -0.05) is 136 Å². The van der Waals surface area contributed by atoms with Gasteiger partial charge in [0.1, 0.15) is 0 Å². The summed E-state index contributed by atoms with van der Waals surface area (Å²) in [7, 11) is 0. The summed E-state index contributed by atoms with van der Waals surface area (Å²) in [5, 5.41) is 0. The summed E-state index contributed by atoms with van der Waals surface area (Å²) in [6.07, 6.45) is 4.96. The lowest BCUT2D eigenvalue weighted by atomic mass is 9.43. The zero-order valence-electron chi connectivity index (χ0n) is 36.8. The van der Waals surface area contributed by atoms with Gasteiger partial charge < -0.3 is 9.71 Å². The van der Waals surface area contributed by atoms with Crippen LogP contribution in [0.1, 0.15) is 141 Å². The molecule has 0 amide bonds. The van der Waals surface area contributed by atoms with Gasteiger partial charge in [-0.3, -0.25) is 0 Å². The van der Waals surface area contributed by atoms with Gasteiger partial charge >= 0.3 is 6.85 Å². The van der Waals surface area contributed by atoms with Crippen LogP contribution in [0.4, 0.5) is 22.7 Å². The number of fused-ring (bicyclic) bond motifs is 7. The number of anilines is 4. The number of benzene rings is 5. The molecule has 3 heteroatoms. The van der Waals surface area contributed by atoms with Crippen LogP contribution >= 0.6 is 0 Å². The third kappa shape index (κ3) is 5.21. The SMILES string of the molecule is Cc1cc(C)c(-c2cc3c4c(c2)N2c5c(cc(C(C)(C)C)cc5C5(C)CCCCC25C)B4N(c2ccc(C(C)(C)C)cc2)c2cc(C(C)(C)C)ccc2-3)c(C)c1. The Kier molecular flexibility index (Phi) is 7.94. The Labute approximate surface area is 338 Å². The van der Waals surface area contributed by atoms with Crippen LogP contribution in [-0.4, -0.2) is 12.4 Å². The molecule has 0 saturated heterocycles. The molecule has 0 spiro atoms. The van der Waals surface area contributed by atoms with E-state index in [0.29, 0.717) is 0 Å². The minimum absolute atomic E-state index is 0.00976. The first kappa shape index (κ1) is 37.3. The van der Waals surface area contributed by atoms with E-state index in [1.54, 1.807) is 5.56 Å². The highest BCUT2D eigenvalue weighted by Crippen LogP contribution is 2.63. The van der Waals surface area contributed by atoms with Crippen molar-refractivity contribution in [3.63, 3.8) is 0 Å². The zero-order valence-corrected chi connectivity index (χ0v) is 36.8. The van der Waals surface area contributed by atoms with Crippen LogP contribution in [0.2, 0.25) is 0 Å². The Morgan fingerprint density at radius 2 is 1.20 bits per heavy atom. The molecule has 1 saturated carbocycles. The molecule has 0 aromatic heterocycles. The predicted octanol–water partition coefficient (Wildman–Crippen LogP) is 13.2. The molecule has 0 bridgehead atoms. The van der Waals surface area contributed by atoms with Crippen LogP contribution in [0, 0.1) is 20.8 Å². The second kappa shape index (κ2) is 11.9. The van der Waals surface area contributed by atoms with E-state index >= 15 is 0 Å². The summed E-state index contributed by atoms with van der Waals surface area (Å²) >= 11 is 0. The maximum Gasteiger partial charge on any atom is 0.333 e. The summed E-state index contributed by atoms with van der Waals surface area (Å²) in [4.78, 5) is 5.65. The molecule has 3 aliphatic heterocycles. The van der Waals surface area contributed by atoms with Gasteiger partial charge in [-0.05, 0) is 148 Å². The lowest BCUT2D eigenvalue weighted by Crippen LogP contribution is -2.64. The largest absolute Gasteiger partial charge is 0.376 e. The highest BCUT2D eigenvalue weighted by molar-refractivity contribution is 6.93. The molecule has 5 aromatic carbocycles. The molecule has 0 radical (unpaired) electrons. The third-order valence-electron chi connectivity index (χ3n) is 14.7. The Hall–Kier alpha value is -4.24. The Balaban J connectivity index is 1.45. The van der Waals surface area contributed by atoms with Crippen LogP contribution in [0.3, 0.4) is 0 Å². The standard InChI is InChI=1S/C53H63BN2/c1-32-25-33(2)46(34(3)26-32)35-27-41-40-22-19-37(50(7,8)9)31-44(40)56(39-20-17-36(18-21-39)49(4,5)6)54-43-30-38(51(10,11)12)29-42-48(43)55(45(28-35)47(41)54)53(14)24-16-15-23-52(42,53)13/h17-22,25-31H,15-16,23-24H2,1-14H3. The van der Waals surface area contributed by atoms with Crippen LogP contribution in [0.25, 0.3) is 22.3 Å². The number of hydrogen-bond acceptors (Lipinski definition) is 2. The van der Waals surface area contributed by atoms with Crippen molar-refractivity contribution in [3.05, 3.63) is 118 Å². The van der Waals surface area contributed by atoms with E-state index in [1.807, 2.05) is 0 Å². The van der Waals surface area contributed by atoms with Crippen molar-refractivity contribution < 1.29 is 0 Å². The minimum Gasteiger partial charge on any atom is -0.376 e. The van der Waals surface area contributed by atoms with Gasteiger partial charge in [0, 0.05) is 33.7 Å². The Morgan fingerprint density at radius 1 is 0.589 bits per heavy atom. The molecule has 5 aromatic rings. The molecule has 288 valence electrons. The van der Waals surface area contributed by atoms with Crippen LogP contribution < -0.4 is 20.6 Å². The predicted molar refractivity (Wildman–Crippen MR) is 244 cm³/mol. The van der Waals surface area contributed by atoms with Crippen molar-refractivity contribution in [2.24, 2.45) is 0 Å². The summed E-state index contributed by atoms with van der Waals surface area (Å²) in [6.45, 7) is 33.4. The quantitative estimate of drug-likeness (QED) is 0.166. The maximum absolute atomic E-state index is 2.90. The Bertz CT molecular complexity index is 2430. The normalized spacial score (nSPS) is 21.1. The maximum atomic E-state index is 2.90. The molecule has 0 N–H and O–H groups in total. The summed E-state index contributed by atoms with van der Waals surface area (Å²) in [6, 6.07) is 32.2. The monoisotopic (exact) mass is 739 g/mol. The summed E-state index contributed by atoms with van der Waals surface area (Å²) in [5.74, 6) is 0. The van der Waals surface area contributed by atoms with Crippen molar-refractivity contribution >= 4 is 40.5 Å². The van der Waals surface area contributed by atoms with Gasteiger partial charge in [0.15, 0.2) is 0 Å². The van der Waals surface area contributed by atoms with E-state index in [-0.39, 0.29) is 34.0 Å². The highest BCUT2D eigenvalue weighted by atomic mass is 15.3. The molecule has 2 nitrogen and oxygen atoms in total. The van der Waals surface area contributed by atoms with Gasteiger partial charge in [-0.25, -0.2) is 0 Å². The second-order valence-corrected chi connectivity index (χ2v) is 21.6. The van der Waals surface area contributed by atoms with Gasteiger partial charge in [-0.2, -0.15) is 0 Å². The molecule has 3 heterocycles. The van der Waals surface area contributed by atoms with E-state index < -0.39 is 0 Å². The van der Waals surface area contributed by atoms with Crippen LogP contribution in [-0.2, 0) is 21.7 Å². The van der Waals surface area contributed by atoms with Crippen molar-refractivity contribution in [1.82, 2.24) is 0 Å². The van der Waals surface area contributed by atoms with Gasteiger partial charge in [-0.15, -0.1) is 0 Å². The number of rotatable bonds is 2. The van der Waals surface area contributed by atoms with Crippen molar-refractivity contribution in [1.29, 1.82) is 0 Å². The van der Waals surface area contributed by atoms with E-state index in [9.17, 15) is 0 Å². The topological polar surface area (TPSA) is 6.48 Å². The fraction of sp³-hybridized carbons (Fsp3) is 0.434. The summed E-state index contributed by atoms with van der Waals surface area (Å²) in [5.41, 5.74) is 23.7. The first-order valence-electron chi connectivity index (χ1n) is 21.4. The highest BCUT2D eigenvalue weighted by Gasteiger charge is 2.62.